The maximum absolute atomic E-state index is 11.6. The Hall–Kier alpha value is -2.74. The number of anilines is 1. The van der Waals surface area contributed by atoms with Crippen LogP contribution in [0.2, 0.25) is 0 Å². The molecular weight excluding hydrogens is 338 g/mol. The third kappa shape index (κ3) is 3.69. The van der Waals surface area contributed by atoms with Gasteiger partial charge in [0.2, 0.25) is 0 Å². The number of aromatic nitrogens is 4. The zero-order valence-corrected chi connectivity index (χ0v) is 15.1. The summed E-state index contributed by atoms with van der Waals surface area (Å²) in [7, 11) is -3.23. The highest BCUT2D eigenvalue weighted by Gasteiger charge is 2.11. The molecule has 0 aliphatic rings. The summed E-state index contributed by atoms with van der Waals surface area (Å²) >= 11 is 0. The third-order valence-corrected chi connectivity index (χ3v) is 5.08. The van der Waals surface area contributed by atoms with Gasteiger partial charge in [-0.2, -0.15) is 4.68 Å². The first-order chi connectivity index (χ1) is 11.9. The van der Waals surface area contributed by atoms with Crippen molar-refractivity contribution in [3.8, 4) is 5.69 Å². The zero-order chi connectivity index (χ0) is 18.0. The molecule has 2 aromatic carbocycles. The second-order valence-corrected chi connectivity index (χ2v) is 7.91. The van der Waals surface area contributed by atoms with E-state index in [1.807, 2.05) is 32.0 Å². The molecule has 0 fully saturated rings. The molecule has 0 unspecified atom stereocenters. The van der Waals surface area contributed by atoms with E-state index in [0.29, 0.717) is 18.1 Å². The number of sulfone groups is 1. The summed E-state index contributed by atoms with van der Waals surface area (Å²) in [6.07, 6.45) is 1.18. The van der Waals surface area contributed by atoms with E-state index in [-0.39, 0.29) is 4.90 Å². The van der Waals surface area contributed by atoms with Crippen LogP contribution in [0.3, 0.4) is 0 Å². The number of aryl methyl sites for hydroxylation is 2. The number of nitrogens with one attached hydrogen (secondary N) is 1. The van der Waals surface area contributed by atoms with Crippen LogP contribution in [0, 0.1) is 13.8 Å². The third-order valence-electron chi connectivity index (χ3n) is 3.95. The molecule has 7 nitrogen and oxygen atoms in total. The van der Waals surface area contributed by atoms with Gasteiger partial charge in [0.1, 0.15) is 0 Å². The monoisotopic (exact) mass is 357 g/mol. The van der Waals surface area contributed by atoms with E-state index >= 15 is 0 Å². The molecular formula is C17H19N5O2S. The second-order valence-electron chi connectivity index (χ2n) is 5.89. The summed E-state index contributed by atoms with van der Waals surface area (Å²) < 4.78 is 24.7. The van der Waals surface area contributed by atoms with Gasteiger partial charge in [-0.15, -0.1) is 5.10 Å². The van der Waals surface area contributed by atoms with Gasteiger partial charge in [-0.3, -0.25) is 0 Å². The van der Waals surface area contributed by atoms with E-state index in [9.17, 15) is 8.42 Å². The summed E-state index contributed by atoms with van der Waals surface area (Å²) in [4.78, 5) is 0.263. The first kappa shape index (κ1) is 17.1. The predicted octanol–water partition coefficient (Wildman–Crippen LogP) is 2.29. The molecule has 0 aliphatic heterocycles. The highest BCUT2D eigenvalue weighted by molar-refractivity contribution is 7.90. The van der Waals surface area contributed by atoms with E-state index < -0.39 is 9.84 Å². The highest BCUT2D eigenvalue weighted by Crippen LogP contribution is 2.20. The van der Waals surface area contributed by atoms with Crippen LogP contribution in [-0.2, 0) is 16.4 Å². The van der Waals surface area contributed by atoms with Crippen LogP contribution in [0.25, 0.3) is 5.69 Å². The molecule has 1 heterocycles. The van der Waals surface area contributed by atoms with Crippen molar-refractivity contribution in [3.05, 3.63) is 59.4 Å². The minimum Gasteiger partial charge on any atom is -0.377 e. The number of benzene rings is 2. The van der Waals surface area contributed by atoms with Crippen LogP contribution >= 0.6 is 0 Å². The van der Waals surface area contributed by atoms with Crippen LogP contribution in [0.1, 0.15) is 17.0 Å². The van der Waals surface area contributed by atoms with E-state index in [0.717, 1.165) is 16.8 Å². The number of nitrogens with zero attached hydrogens (tertiary/aromatic N) is 4. The molecule has 0 amide bonds. The fourth-order valence-electron chi connectivity index (χ4n) is 2.61. The zero-order valence-electron chi connectivity index (χ0n) is 14.3. The number of rotatable bonds is 5. The second kappa shape index (κ2) is 6.64. The Bertz CT molecular complexity index is 974. The fourth-order valence-corrected chi connectivity index (χ4v) is 3.24. The molecule has 1 aromatic heterocycles. The van der Waals surface area contributed by atoms with Crippen molar-refractivity contribution >= 4 is 15.5 Å². The lowest BCUT2D eigenvalue weighted by molar-refractivity contribution is 0.602. The van der Waals surface area contributed by atoms with Gasteiger partial charge in [0.25, 0.3) is 0 Å². The molecule has 0 aliphatic carbocycles. The van der Waals surface area contributed by atoms with E-state index in [1.165, 1.54) is 6.26 Å². The maximum Gasteiger partial charge on any atom is 0.175 e. The van der Waals surface area contributed by atoms with Crippen molar-refractivity contribution in [3.63, 3.8) is 0 Å². The lowest BCUT2D eigenvalue weighted by atomic mass is 10.1. The molecule has 1 N–H and O–H groups in total. The van der Waals surface area contributed by atoms with Crippen LogP contribution in [0.4, 0.5) is 5.69 Å². The first-order valence-electron chi connectivity index (χ1n) is 7.74. The van der Waals surface area contributed by atoms with Crippen LogP contribution < -0.4 is 5.32 Å². The van der Waals surface area contributed by atoms with Gasteiger partial charge in [0.15, 0.2) is 15.7 Å². The van der Waals surface area contributed by atoms with E-state index in [1.54, 1.807) is 28.9 Å². The summed E-state index contributed by atoms with van der Waals surface area (Å²) in [5.74, 6) is 0.634. The van der Waals surface area contributed by atoms with Crippen LogP contribution in [0.15, 0.2) is 47.4 Å². The summed E-state index contributed by atoms with van der Waals surface area (Å²) in [6, 6.07) is 12.6. The minimum absolute atomic E-state index is 0.263. The molecule has 0 saturated carbocycles. The van der Waals surface area contributed by atoms with Crippen molar-refractivity contribution < 1.29 is 8.42 Å². The van der Waals surface area contributed by atoms with Gasteiger partial charge >= 0.3 is 0 Å². The average Bonchev–Trinajstić information content (AvgIpc) is 3.02. The summed E-state index contributed by atoms with van der Waals surface area (Å²) in [6.45, 7) is 4.54. The van der Waals surface area contributed by atoms with Crippen molar-refractivity contribution in [1.82, 2.24) is 20.2 Å². The standard InChI is InChI=1S/C17H19N5O2S/c1-12-5-4-6-13(2)17(12)18-11-16-19-20-21-22(16)14-7-9-15(10-8-14)25(3,23)24/h4-10,18H,11H2,1-3H3. The van der Waals surface area contributed by atoms with Crippen molar-refractivity contribution in [2.45, 2.75) is 25.3 Å². The first-order valence-corrected chi connectivity index (χ1v) is 9.63. The topological polar surface area (TPSA) is 89.8 Å². The van der Waals surface area contributed by atoms with E-state index in [2.05, 4.69) is 20.8 Å². The highest BCUT2D eigenvalue weighted by atomic mass is 32.2. The molecule has 0 saturated heterocycles. The van der Waals surface area contributed by atoms with Crippen LogP contribution in [0.5, 0.6) is 0 Å². The molecule has 130 valence electrons. The van der Waals surface area contributed by atoms with Gasteiger partial charge in [-0.1, -0.05) is 18.2 Å². The Labute approximate surface area is 146 Å². The van der Waals surface area contributed by atoms with Gasteiger partial charge in [0.05, 0.1) is 17.1 Å². The molecule has 8 heteroatoms. The lowest BCUT2D eigenvalue weighted by Crippen LogP contribution is -2.10. The Morgan fingerprint density at radius 1 is 1.04 bits per heavy atom. The molecule has 25 heavy (non-hydrogen) atoms. The molecule has 0 radical (unpaired) electrons. The van der Waals surface area contributed by atoms with Gasteiger partial charge in [-0.25, -0.2) is 8.42 Å². The number of tetrazole rings is 1. The van der Waals surface area contributed by atoms with Crippen molar-refractivity contribution in [2.24, 2.45) is 0 Å². The smallest absolute Gasteiger partial charge is 0.175 e. The predicted molar refractivity (Wildman–Crippen MR) is 95.5 cm³/mol. The molecule has 0 atom stereocenters. The summed E-state index contributed by atoms with van der Waals surface area (Å²) in [5, 5.41) is 15.2. The number of hydrogen-bond donors (Lipinski definition) is 1. The van der Waals surface area contributed by atoms with Gasteiger partial charge in [-0.05, 0) is 59.7 Å². The Kier molecular flexibility index (Phi) is 4.54. The van der Waals surface area contributed by atoms with E-state index in [4.69, 9.17) is 0 Å². The SMILES string of the molecule is Cc1cccc(C)c1NCc1nnnn1-c1ccc(S(C)(=O)=O)cc1. The minimum atomic E-state index is -3.23. The average molecular weight is 357 g/mol. The number of hydrogen-bond acceptors (Lipinski definition) is 6. The van der Waals surface area contributed by atoms with Gasteiger partial charge < -0.3 is 5.32 Å². The van der Waals surface area contributed by atoms with Crippen molar-refractivity contribution in [1.29, 1.82) is 0 Å². The number of para-hydroxylation sites is 1. The summed E-state index contributed by atoms with van der Waals surface area (Å²) in [5.41, 5.74) is 4.06. The lowest BCUT2D eigenvalue weighted by Gasteiger charge is -2.12. The maximum atomic E-state index is 11.6. The molecule has 0 spiro atoms. The molecule has 3 rings (SSSR count). The quantitative estimate of drug-likeness (QED) is 0.753. The van der Waals surface area contributed by atoms with Crippen molar-refractivity contribution in [2.75, 3.05) is 11.6 Å². The van der Waals surface area contributed by atoms with Gasteiger partial charge in [0, 0.05) is 11.9 Å². The van der Waals surface area contributed by atoms with Crippen LogP contribution in [-0.4, -0.2) is 34.9 Å². The fraction of sp³-hybridized carbons (Fsp3) is 0.235. The Balaban J connectivity index is 1.84. The molecule has 0 bridgehead atoms. The Morgan fingerprint density at radius 2 is 1.68 bits per heavy atom. The normalized spacial score (nSPS) is 11.5. The Morgan fingerprint density at radius 3 is 2.28 bits per heavy atom. The largest absolute Gasteiger partial charge is 0.377 e. The molecule has 3 aromatic rings.